The number of nitrogens with two attached hydrogens (primary N) is 1. The number of anilines is 1. The van der Waals surface area contributed by atoms with Gasteiger partial charge in [-0.1, -0.05) is 18.2 Å². The number of rotatable bonds is 1. The molecule has 0 amide bonds. The van der Waals surface area contributed by atoms with Crippen molar-refractivity contribution >= 4 is 21.6 Å². The minimum atomic E-state index is 0.771. The van der Waals surface area contributed by atoms with Crippen LogP contribution in [0.4, 0.5) is 5.69 Å². The van der Waals surface area contributed by atoms with E-state index in [1.807, 2.05) is 30.3 Å². The lowest BCUT2D eigenvalue weighted by molar-refractivity contribution is 1.31. The molecule has 0 unspecified atom stereocenters. The number of aromatic nitrogens is 1. The number of halogens is 1. The predicted molar refractivity (Wildman–Crippen MR) is 61.8 cm³/mol. The highest BCUT2D eigenvalue weighted by Crippen LogP contribution is 2.26. The molecule has 2 N–H and O–H groups in total. The van der Waals surface area contributed by atoms with Crippen LogP contribution in [0.2, 0.25) is 0 Å². The SMILES string of the molecule is Nc1ccccc1-c1cncc(Br)c1. The molecule has 0 radical (unpaired) electrons. The Kier molecular flexibility index (Phi) is 2.50. The molecule has 14 heavy (non-hydrogen) atoms. The second-order valence-electron chi connectivity index (χ2n) is 2.98. The fourth-order valence-electron chi connectivity index (χ4n) is 1.32. The summed E-state index contributed by atoms with van der Waals surface area (Å²) >= 11 is 3.38. The van der Waals surface area contributed by atoms with E-state index >= 15 is 0 Å². The van der Waals surface area contributed by atoms with Crippen molar-refractivity contribution < 1.29 is 0 Å². The average Bonchev–Trinajstić information content (AvgIpc) is 2.18. The summed E-state index contributed by atoms with van der Waals surface area (Å²) in [6, 6.07) is 9.75. The van der Waals surface area contributed by atoms with Crippen LogP contribution in [0.5, 0.6) is 0 Å². The predicted octanol–water partition coefficient (Wildman–Crippen LogP) is 3.09. The summed E-state index contributed by atoms with van der Waals surface area (Å²) in [6.45, 7) is 0. The Morgan fingerprint density at radius 3 is 2.64 bits per heavy atom. The zero-order chi connectivity index (χ0) is 9.97. The molecule has 0 aliphatic rings. The first-order valence-electron chi connectivity index (χ1n) is 4.23. The lowest BCUT2D eigenvalue weighted by atomic mass is 10.1. The van der Waals surface area contributed by atoms with Gasteiger partial charge in [-0.05, 0) is 28.1 Å². The van der Waals surface area contributed by atoms with Gasteiger partial charge < -0.3 is 5.73 Å². The molecule has 1 heterocycles. The van der Waals surface area contributed by atoms with Gasteiger partial charge in [0.1, 0.15) is 0 Å². The molecule has 0 atom stereocenters. The van der Waals surface area contributed by atoms with Gasteiger partial charge in [0.05, 0.1) is 0 Å². The monoisotopic (exact) mass is 248 g/mol. The van der Waals surface area contributed by atoms with Gasteiger partial charge in [-0.3, -0.25) is 4.98 Å². The largest absolute Gasteiger partial charge is 0.398 e. The van der Waals surface area contributed by atoms with Crippen molar-refractivity contribution in [3.63, 3.8) is 0 Å². The number of hydrogen-bond acceptors (Lipinski definition) is 2. The zero-order valence-corrected chi connectivity index (χ0v) is 9.03. The van der Waals surface area contributed by atoms with Crippen LogP contribution < -0.4 is 5.73 Å². The van der Waals surface area contributed by atoms with Crippen molar-refractivity contribution in [2.45, 2.75) is 0 Å². The van der Waals surface area contributed by atoms with E-state index in [-0.39, 0.29) is 0 Å². The maximum Gasteiger partial charge on any atom is 0.0410 e. The normalized spacial score (nSPS) is 10.1. The molecule has 0 bridgehead atoms. The Labute approximate surface area is 90.9 Å². The molecule has 0 saturated heterocycles. The highest BCUT2D eigenvalue weighted by molar-refractivity contribution is 9.10. The van der Waals surface area contributed by atoms with Crippen molar-refractivity contribution in [1.82, 2.24) is 4.98 Å². The standard InChI is InChI=1S/C11H9BrN2/c12-9-5-8(6-14-7-9)10-3-1-2-4-11(10)13/h1-7H,13H2. The lowest BCUT2D eigenvalue weighted by Crippen LogP contribution is -1.89. The van der Waals surface area contributed by atoms with E-state index < -0.39 is 0 Å². The summed E-state index contributed by atoms with van der Waals surface area (Å²) in [7, 11) is 0. The van der Waals surface area contributed by atoms with Crippen LogP contribution in [-0.2, 0) is 0 Å². The number of pyridine rings is 1. The van der Waals surface area contributed by atoms with Gasteiger partial charge in [0.25, 0.3) is 0 Å². The molecule has 1 aromatic heterocycles. The smallest absolute Gasteiger partial charge is 0.0410 e. The first-order chi connectivity index (χ1) is 6.77. The topological polar surface area (TPSA) is 38.9 Å². The fraction of sp³-hybridized carbons (Fsp3) is 0. The Hall–Kier alpha value is -1.35. The first kappa shape index (κ1) is 9.21. The first-order valence-corrected chi connectivity index (χ1v) is 5.02. The van der Waals surface area contributed by atoms with Gasteiger partial charge in [-0.15, -0.1) is 0 Å². The third kappa shape index (κ3) is 1.77. The molecule has 2 aromatic rings. The van der Waals surface area contributed by atoms with E-state index in [4.69, 9.17) is 5.73 Å². The molecule has 2 nitrogen and oxygen atoms in total. The fourth-order valence-corrected chi connectivity index (χ4v) is 1.68. The summed E-state index contributed by atoms with van der Waals surface area (Å²) in [5.41, 5.74) is 8.67. The van der Waals surface area contributed by atoms with E-state index in [0.29, 0.717) is 0 Å². The molecular weight excluding hydrogens is 240 g/mol. The van der Waals surface area contributed by atoms with Gasteiger partial charge in [0.15, 0.2) is 0 Å². The van der Waals surface area contributed by atoms with Crippen LogP contribution in [0, 0.1) is 0 Å². The zero-order valence-electron chi connectivity index (χ0n) is 7.44. The Morgan fingerprint density at radius 1 is 1.14 bits per heavy atom. The summed E-state index contributed by atoms with van der Waals surface area (Å²) < 4.78 is 0.957. The number of para-hydroxylation sites is 1. The third-order valence-electron chi connectivity index (χ3n) is 1.98. The van der Waals surface area contributed by atoms with Crippen molar-refractivity contribution in [3.8, 4) is 11.1 Å². The minimum Gasteiger partial charge on any atom is -0.398 e. The molecule has 0 aliphatic carbocycles. The highest BCUT2D eigenvalue weighted by Gasteiger charge is 2.01. The maximum absolute atomic E-state index is 5.86. The van der Waals surface area contributed by atoms with Gasteiger partial charge >= 0.3 is 0 Å². The number of nitrogen functional groups attached to an aromatic ring is 1. The lowest BCUT2D eigenvalue weighted by Gasteiger charge is -2.04. The van der Waals surface area contributed by atoms with E-state index in [2.05, 4.69) is 20.9 Å². The van der Waals surface area contributed by atoms with Crippen LogP contribution >= 0.6 is 15.9 Å². The van der Waals surface area contributed by atoms with Crippen molar-refractivity contribution in [3.05, 3.63) is 47.2 Å². The number of hydrogen-bond donors (Lipinski definition) is 1. The summed E-state index contributed by atoms with van der Waals surface area (Å²) in [5.74, 6) is 0. The summed E-state index contributed by atoms with van der Waals surface area (Å²) in [6.07, 6.45) is 3.55. The quantitative estimate of drug-likeness (QED) is 0.788. The van der Waals surface area contributed by atoms with E-state index in [1.54, 1.807) is 12.4 Å². The summed E-state index contributed by atoms with van der Waals surface area (Å²) in [5, 5.41) is 0. The Balaban J connectivity index is 2.55. The molecular formula is C11H9BrN2. The molecule has 0 saturated carbocycles. The number of nitrogens with zero attached hydrogens (tertiary/aromatic N) is 1. The van der Waals surface area contributed by atoms with E-state index in [9.17, 15) is 0 Å². The molecule has 0 aliphatic heterocycles. The molecule has 0 fully saturated rings. The molecule has 2 rings (SSSR count). The van der Waals surface area contributed by atoms with Crippen LogP contribution in [0.1, 0.15) is 0 Å². The highest BCUT2D eigenvalue weighted by atomic mass is 79.9. The van der Waals surface area contributed by atoms with Crippen LogP contribution in [0.15, 0.2) is 47.2 Å². The van der Waals surface area contributed by atoms with Crippen LogP contribution in [0.25, 0.3) is 11.1 Å². The second kappa shape index (κ2) is 3.80. The van der Waals surface area contributed by atoms with E-state index in [0.717, 1.165) is 21.3 Å². The average molecular weight is 249 g/mol. The van der Waals surface area contributed by atoms with Crippen LogP contribution in [-0.4, -0.2) is 4.98 Å². The van der Waals surface area contributed by atoms with Gasteiger partial charge in [-0.25, -0.2) is 0 Å². The van der Waals surface area contributed by atoms with E-state index in [1.165, 1.54) is 0 Å². The van der Waals surface area contributed by atoms with Crippen molar-refractivity contribution in [2.75, 3.05) is 5.73 Å². The van der Waals surface area contributed by atoms with Crippen molar-refractivity contribution in [2.24, 2.45) is 0 Å². The Morgan fingerprint density at radius 2 is 1.93 bits per heavy atom. The van der Waals surface area contributed by atoms with Crippen LogP contribution in [0.3, 0.4) is 0 Å². The Bertz CT molecular complexity index is 455. The third-order valence-corrected chi connectivity index (χ3v) is 2.41. The van der Waals surface area contributed by atoms with Gasteiger partial charge in [-0.2, -0.15) is 0 Å². The molecule has 0 spiro atoms. The molecule has 1 aromatic carbocycles. The number of benzene rings is 1. The minimum absolute atomic E-state index is 0.771. The maximum atomic E-state index is 5.86. The second-order valence-corrected chi connectivity index (χ2v) is 3.89. The van der Waals surface area contributed by atoms with Gasteiger partial charge in [0.2, 0.25) is 0 Å². The molecule has 70 valence electrons. The van der Waals surface area contributed by atoms with Crippen molar-refractivity contribution in [1.29, 1.82) is 0 Å². The molecule has 3 heteroatoms. The van der Waals surface area contributed by atoms with Gasteiger partial charge in [0, 0.05) is 33.7 Å². The summed E-state index contributed by atoms with van der Waals surface area (Å²) in [4.78, 5) is 4.10.